The van der Waals surface area contributed by atoms with Crippen molar-refractivity contribution in [2.75, 3.05) is 17.8 Å². The maximum Gasteiger partial charge on any atom is 0.322 e. The number of hydrogen-bond donors (Lipinski definition) is 0. The van der Waals surface area contributed by atoms with Crippen molar-refractivity contribution in [2.24, 2.45) is 0 Å². The van der Waals surface area contributed by atoms with Crippen LogP contribution in [-0.2, 0) is 12.8 Å². The number of aromatic nitrogens is 2. The van der Waals surface area contributed by atoms with E-state index in [1.807, 2.05) is 24.1 Å². The third kappa shape index (κ3) is 2.82. The average Bonchev–Trinajstić information content (AvgIpc) is 2.87. The standard InChI is InChI=1S/C13H16ClN3O/c1-3-10-4-6-11(7-5-10)17(2)13-16-15-12(18-13)8-9-14/h4-7H,3,8-9H2,1-2H3. The highest BCUT2D eigenvalue weighted by Crippen LogP contribution is 2.22. The Morgan fingerprint density at radius 3 is 2.56 bits per heavy atom. The van der Waals surface area contributed by atoms with Gasteiger partial charge in [0, 0.05) is 25.0 Å². The molecule has 0 spiro atoms. The van der Waals surface area contributed by atoms with E-state index in [0.29, 0.717) is 24.2 Å². The van der Waals surface area contributed by atoms with Crippen molar-refractivity contribution >= 4 is 23.3 Å². The molecule has 0 amide bonds. The van der Waals surface area contributed by atoms with Gasteiger partial charge in [0.1, 0.15) is 0 Å². The summed E-state index contributed by atoms with van der Waals surface area (Å²) in [6, 6.07) is 8.78. The number of anilines is 2. The molecule has 0 aliphatic rings. The highest BCUT2D eigenvalue weighted by atomic mass is 35.5. The summed E-state index contributed by atoms with van der Waals surface area (Å²) < 4.78 is 5.52. The third-order valence-electron chi connectivity index (χ3n) is 2.78. The van der Waals surface area contributed by atoms with Crippen LogP contribution in [-0.4, -0.2) is 23.1 Å². The topological polar surface area (TPSA) is 42.2 Å². The second-order valence-electron chi connectivity index (χ2n) is 4.00. The first kappa shape index (κ1) is 12.9. The summed E-state index contributed by atoms with van der Waals surface area (Å²) in [5, 5.41) is 7.95. The fraction of sp³-hybridized carbons (Fsp3) is 0.385. The molecule has 18 heavy (non-hydrogen) atoms. The van der Waals surface area contributed by atoms with Crippen molar-refractivity contribution in [1.82, 2.24) is 10.2 Å². The van der Waals surface area contributed by atoms with Gasteiger partial charge in [-0.25, -0.2) is 0 Å². The molecule has 0 radical (unpaired) electrons. The zero-order chi connectivity index (χ0) is 13.0. The van der Waals surface area contributed by atoms with Crippen molar-refractivity contribution in [2.45, 2.75) is 19.8 Å². The van der Waals surface area contributed by atoms with E-state index in [4.69, 9.17) is 16.0 Å². The molecule has 0 unspecified atom stereocenters. The molecule has 4 nitrogen and oxygen atoms in total. The maximum atomic E-state index is 5.63. The minimum absolute atomic E-state index is 0.483. The van der Waals surface area contributed by atoms with Crippen LogP contribution in [0.2, 0.25) is 0 Å². The van der Waals surface area contributed by atoms with E-state index in [1.54, 1.807) is 0 Å². The Hall–Kier alpha value is -1.55. The monoisotopic (exact) mass is 265 g/mol. The predicted molar refractivity (Wildman–Crippen MR) is 72.6 cm³/mol. The van der Waals surface area contributed by atoms with Gasteiger partial charge in [-0.05, 0) is 24.1 Å². The lowest BCUT2D eigenvalue weighted by Crippen LogP contribution is -2.09. The zero-order valence-corrected chi connectivity index (χ0v) is 11.3. The van der Waals surface area contributed by atoms with Gasteiger partial charge in [-0.2, -0.15) is 0 Å². The lowest BCUT2D eigenvalue weighted by atomic mass is 10.1. The third-order valence-corrected chi connectivity index (χ3v) is 2.97. The average molecular weight is 266 g/mol. The summed E-state index contributed by atoms with van der Waals surface area (Å²) >= 11 is 5.63. The summed E-state index contributed by atoms with van der Waals surface area (Å²) in [7, 11) is 1.90. The number of aryl methyl sites for hydroxylation is 2. The molecule has 0 aliphatic carbocycles. The Bertz CT molecular complexity index is 495. The van der Waals surface area contributed by atoms with Gasteiger partial charge in [0.2, 0.25) is 5.89 Å². The molecule has 1 aromatic heterocycles. The molecular formula is C13H16ClN3O. The molecule has 0 fully saturated rings. The largest absolute Gasteiger partial charge is 0.408 e. The van der Waals surface area contributed by atoms with E-state index in [2.05, 4.69) is 29.3 Å². The molecule has 1 heterocycles. The van der Waals surface area contributed by atoms with Crippen molar-refractivity contribution in [3.8, 4) is 0 Å². The van der Waals surface area contributed by atoms with Crippen LogP contribution in [0.15, 0.2) is 28.7 Å². The first-order valence-corrected chi connectivity index (χ1v) is 6.49. The van der Waals surface area contributed by atoms with Crippen LogP contribution in [0.4, 0.5) is 11.7 Å². The second kappa shape index (κ2) is 5.87. The molecule has 1 aromatic carbocycles. The molecule has 2 aromatic rings. The van der Waals surface area contributed by atoms with Crippen LogP contribution in [0.3, 0.4) is 0 Å². The summed E-state index contributed by atoms with van der Waals surface area (Å²) in [6.07, 6.45) is 1.63. The lowest BCUT2D eigenvalue weighted by molar-refractivity contribution is 0.505. The Labute approximate surface area is 112 Å². The van der Waals surface area contributed by atoms with E-state index < -0.39 is 0 Å². The first-order chi connectivity index (χ1) is 8.74. The van der Waals surface area contributed by atoms with Gasteiger partial charge >= 0.3 is 6.01 Å². The molecule has 5 heteroatoms. The van der Waals surface area contributed by atoms with Gasteiger partial charge in [0.25, 0.3) is 0 Å². The number of rotatable bonds is 5. The lowest BCUT2D eigenvalue weighted by Gasteiger charge is -2.14. The van der Waals surface area contributed by atoms with Gasteiger partial charge in [-0.3, -0.25) is 4.90 Å². The van der Waals surface area contributed by atoms with Crippen molar-refractivity contribution < 1.29 is 4.42 Å². The molecule has 96 valence electrons. The van der Waals surface area contributed by atoms with E-state index >= 15 is 0 Å². The van der Waals surface area contributed by atoms with Crippen molar-refractivity contribution in [3.63, 3.8) is 0 Å². The van der Waals surface area contributed by atoms with Crippen molar-refractivity contribution in [1.29, 1.82) is 0 Å². The number of benzene rings is 1. The molecule has 0 N–H and O–H groups in total. The van der Waals surface area contributed by atoms with Crippen LogP contribution in [0.1, 0.15) is 18.4 Å². The van der Waals surface area contributed by atoms with E-state index in [1.165, 1.54) is 5.56 Å². The maximum absolute atomic E-state index is 5.63. The summed E-state index contributed by atoms with van der Waals surface area (Å²) in [6.45, 7) is 2.13. The van der Waals surface area contributed by atoms with Gasteiger partial charge in [0.05, 0.1) is 0 Å². The summed E-state index contributed by atoms with van der Waals surface area (Å²) in [4.78, 5) is 1.87. The predicted octanol–water partition coefficient (Wildman–Crippen LogP) is 3.18. The van der Waals surface area contributed by atoms with E-state index in [0.717, 1.165) is 12.1 Å². The van der Waals surface area contributed by atoms with Crippen molar-refractivity contribution in [3.05, 3.63) is 35.7 Å². The number of nitrogens with zero attached hydrogens (tertiary/aromatic N) is 3. The summed E-state index contributed by atoms with van der Waals surface area (Å²) in [5.41, 5.74) is 2.33. The summed E-state index contributed by atoms with van der Waals surface area (Å²) in [5.74, 6) is 1.05. The first-order valence-electron chi connectivity index (χ1n) is 5.95. The fourth-order valence-electron chi connectivity index (χ4n) is 1.63. The van der Waals surface area contributed by atoms with Crippen LogP contribution in [0, 0.1) is 0 Å². The van der Waals surface area contributed by atoms with Crippen LogP contribution >= 0.6 is 11.6 Å². The Kier molecular flexibility index (Phi) is 4.20. The smallest absolute Gasteiger partial charge is 0.322 e. The van der Waals surface area contributed by atoms with Crippen LogP contribution in [0.25, 0.3) is 0 Å². The van der Waals surface area contributed by atoms with Gasteiger partial charge < -0.3 is 4.42 Å². The van der Waals surface area contributed by atoms with Crippen LogP contribution < -0.4 is 4.90 Å². The second-order valence-corrected chi connectivity index (χ2v) is 4.37. The van der Waals surface area contributed by atoms with Gasteiger partial charge in [-0.1, -0.05) is 24.2 Å². The highest BCUT2D eigenvalue weighted by molar-refractivity contribution is 6.17. The number of hydrogen-bond acceptors (Lipinski definition) is 4. The Balaban J connectivity index is 2.15. The molecule has 0 saturated heterocycles. The minimum atomic E-state index is 0.483. The normalized spacial score (nSPS) is 10.6. The SMILES string of the molecule is CCc1ccc(N(C)c2nnc(CCCl)o2)cc1. The zero-order valence-electron chi connectivity index (χ0n) is 10.6. The van der Waals surface area contributed by atoms with Gasteiger partial charge in [0.15, 0.2) is 0 Å². The van der Waals surface area contributed by atoms with Gasteiger partial charge in [-0.15, -0.1) is 16.7 Å². The molecule has 0 aliphatic heterocycles. The van der Waals surface area contributed by atoms with E-state index in [-0.39, 0.29) is 0 Å². The molecular weight excluding hydrogens is 250 g/mol. The molecule has 0 atom stereocenters. The molecule has 0 saturated carbocycles. The fourth-order valence-corrected chi connectivity index (χ4v) is 1.79. The van der Waals surface area contributed by atoms with E-state index in [9.17, 15) is 0 Å². The highest BCUT2D eigenvalue weighted by Gasteiger charge is 2.11. The quantitative estimate of drug-likeness (QED) is 0.779. The molecule has 0 bridgehead atoms. The van der Waals surface area contributed by atoms with Crippen LogP contribution in [0.5, 0.6) is 0 Å². The number of halogens is 1. The minimum Gasteiger partial charge on any atom is -0.408 e. The molecule has 2 rings (SSSR count). The number of alkyl halides is 1. The Morgan fingerprint density at radius 2 is 1.94 bits per heavy atom. The Morgan fingerprint density at radius 1 is 1.22 bits per heavy atom.